The Morgan fingerprint density at radius 2 is 2.22 bits per heavy atom. The van der Waals surface area contributed by atoms with Gasteiger partial charge in [0.25, 0.3) is 0 Å². The van der Waals surface area contributed by atoms with Crippen molar-refractivity contribution in [1.82, 2.24) is 10.2 Å². The van der Waals surface area contributed by atoms with Crippen molar-refractivity contribution < 1.29 is 14.3 Å². The van der Waals surface area contributed by atoms with Crippen molar-refractivity contribution in [2.45, 2.75) is 25.8 Å². The topological polar surface area (TPSA) is 50.8 Å². The van der Waals surface area contributed by atoms with Crippen LogP contribution in [0.25, 0.3) is 0 Å². The monoisotopic (exact) mass is 258 g/mol. The number of esters is 1. The fraction of sp³-hybridized carbons (Fsp3) is 0.923. The van der Waals surface area contributed by atoms with E-state index in [4.69, 9.17) is 9.47 Å². The second kappa shape index (κ2) is 8.45. The van der Waals surface area contributed by atoms with Crippen molar-refractivity contribution in [3.63, 3.8) is 0 Å². The predicted octanol–water partition coefficient (Wildman–Crippen LogP) is 0.496. The summed E-state index contributed by atoms with van der Waals surface area (Å²) in [5.74, 6) is 0.616. The summed E-state index contributed by atoms with van der Waals surface area (Å²) in [4.78, 5) is 13.7. The van der Waals surface area contributed by atoms with Crippen LogP contribution in [0, 0.1) is 5.92 Å². The van der Waals surface area contributed by atoms with Crippen LogP contribution in [0.1, 0.15) is 19.8 Å². The minimum Gasteiger partial charge on any atom is -0.465 e. The highest BCUT2D eigenvalue weighted by molar-refractivity contribution is 5.76. The lowest BCUT2D eigenvalue weighted by Gasteiger charge is -2.22. The second-order valence-corrected chi connectivity index (χ2v) is 4.87. The van der Waals surface area contributed by atoms with Gasteiger partial charge in [0, 0.05) is 19.7 Å². The molecule has 1 rings (SSSR count). The van der Waals surface area contributed by atoms with Gasteiger partial charge in [-0.2, -0.15) is 0 Å². The molecule has 5 nitrogen and oxygen atoms in total. The van der Waals surface area contributed by atoms with Crippen molar-refractivity contribution >= 4 is 5.97 Å². The third-order valence-electron chi connectivity index (χ3n) is 3.08. The molecule has 0 radical (unpaired) electrons. The van der Waals surface area contributed by atoms with Crippen LogP contribution in [0.2, 0.25) is 0 Å². The molecule has 1 aliphatic rings. The van der Waals surface area contributed by atoms with Gasteiger partial charge in [0.1, 0.15) is 6.04 Å². The van der Waals surface area contributed by atoms with Crippen molar-refractivity contribution in [1.29, 1.82) is 0 Å². The number of ether oxygens (including phenoxy) is 2. The number of nitrogens with zero attached hydrogens (tertiary/aromatic N) is 1. The minimum atomic E-state index is -0.265. The first-order valence-corrected chi connectivity index (χ1v) is 6.77. The molecule has 0 spiro atoms. The van der Waals surface area contributed by atoms with Crippen molar-refractivity contribution in [3.05, 3.63) is 0 Å². The molecule has 1 unspecified atom stereocenters. The normalized spacial score (nSPS) is 16.9. The first-order valence-electron chi connectivity index (χ1n) is 6.77. The molecule has 1 saturated carbocycles. The van der Waals surface area contributed by atoms with Gasteiger partial charge in [-0.3, -0.25) is 4.79 Å². The molecule has 1 aliphatic carbocycles. The molecule has 1 N–H and O–H groups in total. The summed E-state index contributed by atoms with van der Waals surface area (Å²) in [6.07, 6.45) is 2.64. The van der Waals surface area contributed by atoms with E-state index in [1.807, 2.05) is 14.0 Å². The lowest BCUT2D eigenvalue weighted by molar-refractivity contribution is -0.146. The molecule has 0 aliphatic heterocycles. The molecule has 1 atom stereocenters. The zero-order valence-corrected chi connectivity index (χ0v) is 11.8. The van der Waals surface area contributed by atoms with Gasteiger partial charge in [-0.15, -0.1) is 0 Å². The molecule has 1 fully saturated rings. The van der Waals surface area contributed by atoms with E-state index in [2.05, 4.69) is 10.2 Å². The highest BCUT2D eigenvalue weighted by Gasteiger charge is 2.21. The molecule has 0 heterocycles. The molecular weight excluding hydrogens is 232 g/mol. The second-order valence-electron chi connectivity index (χ2n) is 4.87. The van der Waals surface area contributed by atoms with E-state index in [-0.39, 0.29) is 12.0 Å². The van der Waals surface area contributed by atoms with Crippen LogP contribution in [-0.4, -0.2) is 63.9 Å². The van der Waals surface area contributed by atoms with E-state index in [1.165, 1.54) is 12.8 Å². The number of nitrogens with one attached hydrogen (secondary N) is 1. The van der Waals surface area contributed by atoms with E-state index in [0.29, 0.717) is 13.2 Å². The van der Waals surface area contributed by atoms with Crippen LogP contribution >= 0.6 is 0 Å². The molecule has 0 bridgehead atoms. The third-order valence-corrected chi connectivity index (χ3v) is 3.08. The maximum Gasteiger partial charge on any atom is 0.324 e. The van der Waals surface area contributed by atoms with Gasteiger partial charge in [0.2, 0.25) is 0 Å². The molecule has 18 heavy (non-hydrogen) atoms. The van der Waals surface area contributed by atoms with E-state index >= 15 is 0 Å². The zero-order valence-electron chi connectivity index (χ0n) is 11.8. The molecule has 0 amide bonds. The number of hydrogen-bond donors (Lipinski definition) is 1. The number of rotatable bonds is 10. The fourth-order valence-corrected chi connectivity index (χ4v) is 1.68. The van der Waals surface area contributed by atoms with Gasteiger partial charge in [-0.1, -0.05) is 0 Å². The molecule has 0 saturated heterocycles. The molecular formula is C13H26N2O3. The van der Waals surface area contributed by atoms with Crippen molar-refractivity contribution in [3.8, 4) is 0 Å². The van der Waals surface area contributed by atoms with E-state index in [9.17, 15) is 4.79 Å². The Kier molecular flexibility index (Phi) is 7.23. The third kappa shape index (κ3) is 6.33. The van der Waals surface area contributed by atoms with Crippen molar-refractivity contribution in [2.75, 3.05) is 47.0 Å². The maximum absolute atomic E-state index is 11.6. The van der Waals surface area contributed by atoms with E-state index in [1.54, 1.807) is 7.05 Å². The number of likely N-dealkylation sites (N-methyl/N-ethyl adjacent to an activating group) is 2. The Labute approximate surface area is 110 Å². The Morgan fingerprint density at radius 1 is 1.50 bits per heavy atom. The van der Waals surface area contributed by atoms with Crippen LogP contribution < -0.4 is 5.32 Å². The summed E-state index contributed by atoms with van der Waals surface area (Å²) in [6, 6.07) is -0.265. The lowest BCUT2D eigenvalue weighted by atomic mass is 10.3. The summed E-state index contributed by atoms with van der Waals surface area (Å²) in [7, 11) is 3.77. The molecule has 0 aromatic rings. The van der Waals surface area contributed by atoms with Gasteiger partial charge in [-0.25, -0.2) is 0 Å². The summed E-state index contributed by atoms with van der Waals surface area (Å²) >= 11 is 0. The summed E-state index contributed by atoms with van der Waals surface area (Å²) in [5.41, 5.74) is 0. The highest BCUT2D eigenvalue weighted by atomic mass is 16.5. The number of hydrogen-bond acceptors (Lipinski definition) is 5. The maximum atomic E-state index is 11.6. The van der Waals surface area contributed by atoms with Crippen molar-refractivity contribution in [2.24, 2.45) is 5.92 Å². The van der Waals surface area contributed by atoms with E-state index in [0.717, 1.165) is 25.7 Å². The van der Waals surface area contributed by atoms with Crippen LogP contribution in [0.3, 0.4) is 0 Å². The van der Waals surface area contributed by atoms with Gasteiger partial charge >= 0.3 is 5.97 Å². The largest absolute Gasteiger partial charge is 0.465 e. The summed E-state index contributed by atoms with van der Waals surface area (Å²) in [6.45, 7) is 5.34. The molecule has 5 heteroatoms. The SMILES string of the molecule is CCOC(=O)C(CN(C)CCOCC1CC1)NC. The number of carbonyl (C=O) groups excluding carboxylic acids is 1. The first-order chi connectivity index (χ1) is 8.67. The van der Waals surface area contributed by atoms with Crippen LogP contribution in [0.4, 0.5) is 0 Å². The zero-order chi connectivity index (χ0) is 13.4. The average molecular weight is 258 g/mol. The Balaban J connectivity index is 2.10. The fourth-order valence-electron chi connectivity index (χ4n) is 1.68. The molecule has 106 valence electrons. The first kappa shape index (κ1) is 15.4. The highest BCUT2D eigenvalue weighted by Crippen LogP contribution is 2.28. The summed E-state index contributed by atoms with van der Waals surface area (Å²) < 4.78 is 10.6. The quantitative estimate of drug-likeness (QED) is 0.457. The predicted molar refractivity (Wildman–Crippen MR) is 70.5 cm³/mol. The Morgan fingerprint density at radius 3 is 2.78 bits per heavy atom. The van der Waals surface area contributed by atoms with Gasteiger partial charge in [-0.05, 0) is 39.8 Å². The van der Waals surface area contributed by atoms with Crippen LogP contribution in [0.5, 0.6) is 0 Å². The smallest absolute Gasteiger partial charge is 0.324 e. The van der Waals surface area contributed by atoms with E-state index < -0.39 is 0 Å². The summed E-state index contributed by atoms with van der Waals surface area (Å²) in [5, 5.41) is 2.98. The van der Waals surface area contributed by atoms with Gasteiger partial charge in [0.05, 0.1) is 13.2 Å². The average Bonchev–Trinajstić information content (AvgIpc) is 3.16. The minimum absolute atomic E-state index is 0.189. The van der Waals surface area contributed by atoms with Crippen LogP contribution in [-0.2, 0) is 14.3 Å². The lowest BCUT2D eigenvalue weighted by Crippen LogP contribution is -2.45. The number of carbonyl (C=O) groups is 1. The molecule has 0 aromatic heterocycles. The Hall–Kier alpha value is -0.650. The standard InChI is InChI=1S/C13H26N2O3/c1-4-18-13(16)12(14-2)9-15(3)7-8-17-10-11-5-6-11/h11-12,14H,4-10H2,1-3H3. The Bertz CT molecular complexity index is 244. The van der Waals surface area contributed by atoms with Gasteiger partial charge in [0.15, 0.2) is 0 Å². The van der Waals surface area contributed by atoms with Gasteiger partial charge < -0.3 is 19.7 Å². The van der Waals surface area contributed by atoms with Crippen LogP contribution in [0.15, 0.2) is 0 Å². The molecule has 0 aromatic carbocycles.